The summed E-state index contributed by atoms with van der Waals surface area (Å²) in [7, 11) is 0. The summed E-state index contributed by atoms with van der Waals surface area (Å²) in [4.78, 5) is 26.0. The lowest BCUT2D eigenvalue weighted by atomic mass is 9.92. The van der Waals surface area contributed by atoms with Crippen LogP contribution in [0.15, 0.2) is 18.2 Å². The van der Waals surface area contributed by atoms with Crippen molar-refractivity contribution in [1.29, 1.82) is 0 Å². The molecule has 134 valence electrons. The number of carbonyl (C=O) groups excluding carboxylic acids is 2. The van der Waals surface area contributed by atoms with Gasteiger partial charge in [-0.3, -0.25) is 9.59 Å². The van der Waals surface area contributed by atoms with Gasteiger partial charge >= 0.3 is 0 Å². The standard InChI is InChI=1S/C20H32N2O2/c1-8-15(6)22(16(7)23)12-19(24)21-20-17(13(2)3)10-9-11-18(20)14(4)5/h9-11,13-15H,8,12H2,1-7H3,(H,21,24). The number of hydrogen-bond donors (Lipinski definition) is 1. The van der Waals surface area contributed by atoms with E-state index < -0.39 is 0 Å². The highest BCUT2D eigenvalue weighted by molar-refractivity contribution is 5.95. The van der Waals surface area contributed by atoms with Crippen molar-refractivity contribution in [2.75, 3.05) is 11.9 Å². The average molecular weight is 332 g/mol. The van der Waals surface area contributed by atoms with E-state index in [1.165, 1.54) is 6.92 Å². The second kappa shape index (κ2) is 8.86. The fraction of sp³-hybridized carbons (Fsp3) is 0.600. The van der Waals surface area contributed by atoms with Crippen LogP contribution in [0.5, 0.6) is 0 Å². The molecule has 2 amide bonds. The van der Waals surface area contributed by atoms with Gasteiger partial charge in [0, 0.05) is 18.7 Å². The summed E-state index contributed by atoms with van der Waals surface area (Å²) >= 11 is 0. The van der Waals surface area contributed by atoms with Crippen molar-refractivity contribution in [1.82, 2.24) is 4.90 Å². The van der Waals surface area contributed by atoms with Crippen molar-refractivity contribution in [2.45, 2.75) is 72.8 Å². The summed E-state index contributed by atoms with van der Waals surface area (Å²) in [6, 6.07) is 6.22. The Morgan fingerprint density at radius 3 is 1.92 bits per heavy atom. The third-order valence-corrected chi connectivity index (χ3v) is 4.48. The summed E-state index contributed by atoms with van der Waals surface area (Å²) in [5.74, 6) is 0.427. The fourth-order valence-corrected chi connectivity index (χ4v) is 2.83. The number of hydrogen-bond acceptors (Lipinski definition) is 2. The monoisotopic (exact) mass is 332 g/mol. The van der Waals surface area contributed by atoms with Crippen LogP contribution in [0, 0.1) is 0 Å². The molecule has 0 saturated heterocycles. The van der Waals surface area contributed by atoms with Gasteiger partial charge in [-0.05, 0) is 36.3 Å². The van der Waals surface area contributed by atoms with Crippen LogP contribution < -0.4 is 5.32 Å². The number of anilines is 1. The van der Waals surface area contributed by atoms with Crippen molar-refractivity contribution in [2.24, 2.45) is 0 Å². The van der Waals surface area contributed by atoms with Crippen molar-refractivity contribution in [3.05, 3.63) is 29.3 Å². The molecule has 0 aromatic heterocycles. The molecule has 0 radical (unpaired) electrons. The Hall–Kier alpha value is -1.84. The van der Waals surface area contributed by atoms with E-state index in [4.69, 9.17) is 0 Å². The molecule has 1 aromatic carbocycles. The largest absolute Gasteiger partial charge is 0.331 e. The molecule has 0 bridgehead atoms. The molecule has 0 spiro atoms. The molecule has 1 aromatic rings. The topological polar surface area (TPSA) is 49.4 Å². The normalized spacial score (nSPS) is 12.4. The fourth-order valence-electron chi connectivity index (χ4n) is 2.83. The predicted molar refractivity (Wildman–Crippen MR) is 100 cm³/mol. The van der Waals surface area contributed by atoms with Crippen molar-refractivity contribution < 1.29 is 9.59 Å². The van der Waals surface area contributed by atoms with Gasteiger partial charge in [-0.15, -0.1) is 0 Å². The molecule has 1 N–H and O–H groups in total. The first-order chi connectivity index (χ1) is 11.2. The molecule has 4 nitrogen and oxygen atoms in total. The SMILES string of the molecule is CCC(C)N(CC(=O)Nc1c(C(C)C)cccc1C(C)C)C(C)=O. The smallest absolute Gasteiger partial charge is 0.244 e. The Labute approximate surface area is 146 Å². The van der Waals surface area contributed by atoms with E-state index in [-0.39, 0.29) is 24.4 Å². The highest BCUT2D eigenvalue weighted by Gasteiger charge is 2.21. The maximum atomic E-state index is 12.6. The summed E-state index contributed by atoms with van der Waals surface area (Å²) in [6.07, 6.45) is 0.826. The maximum absolute atomic E-state index is 12.6. The quantitative estimate of drug-likeness (QED) is 0.798. The molecule has 0 aliphatic carbocycles. The van der Waals surface area contributed by atoms with Crippen molar-refractivity contribution in [3.8, 4) is 0 Å². The number of benzene rings is 1. The Kier molecular flexibility index (Phi) is 7.46. The Bertz CT molecular complexity index is 553. The number of nitrogens with zero attached hydrogens (tertiary/aromatic N) is 1. The van der Waals surface area contributed by atoms with Crippen LogP contribution in [-0.4, -0.2) is 29.3 Å². The first-order valence-electron chi connectivity index (χ1n) is 8.88. The number of rotatable bonds is 7. The van der Waals surface area contributed by atoms with E-state index in [0.29, 0.717) is 11.8 Å². The zero-order valence-corrected chi connectivity index (χ0v) is 16.1. The summed E-state index contributed by atoms with van der Waals surface area (Å²) in [6.45, 7) is 14.1. The molecule has 0 heterocycles. The van der Waals surface area contributed by atoms with Crippen LogP contribution in [0.2, 0.25) is 0 Å². The van der Waals surface area contributed by atoms with Crippen LogP contribution in [0.3, 0.4) is 0 Å². The molecule has 1 unspecified atom stereocenters. The van der Waals surface area contributed by atoms with Gasteiger partial charge in [0.2, 0.25) is 11.8 Å². The Morgan fingerprint density at radius 1 is 1.04 bits per heavy atom. The van der Waals surface area contributed by atoms with Gasteiger partial charge < -0.3 is 10.2 Å². The van der Waals surface area contributed by atoms with E-state index in [1.54, 1.807) is 4.90 Å². The van der Waals surface area contributed by atoms with Crippen LogP contribution in [0.4, 0.5) is 5.69 Å². The van der Waals surface area contributed by atoms with Gasteiger partial charge in [-0.25, -0.2) is 0 Å². The zero-order chi connectivity index (χ0) is 18.4. The first-order valence-corrected chi connectivity index (χ1v) is 8.88. The minimum Gasteiger partial charge on any atom is -0.331 e. The third kappa shape index (κ3) is 5.08. The summed E-state index contributed by atoms with van der Waals surface area (Å²) in [5.41, 5.74) is 3.17. The van der Waals surface area contributed by atoms with Gasteiger partial charge in [0.05, 0.1) is 0 Å². The Balaban J connectivity index is 3.07. The van der Waals surface area contributed by atoms with Crippen molar-refractivity contribution in [3.63, 3.8) is 0 Å². The van der Waals surface area contributed by atoms with E-state index in [2.05, 4.69) is 45.1 Å². The molecular weight excluding hydrogens is 300 g/mol. The molecule has 0 aliphatic rings. The molecule has 0 saturated carbocycles. The average Bonchev–Trinajstić information content (AvgIpc) is 2.51. The van der Waals surface area contributed by atoms with Gasteiger partial charge in [-0.2, -0.15) is 0 Å². The number of amides is 2. The van der Waals surface area contributed by atoms with Crippen LogP contribution in [0.25, 0.3) is 0 Å². The van der Waals surface area contributed by atoms with E-state index in [0.717, 1.165) is 23.2 Å². The number of para-hydroxylation sites is 1. The van der Waals surface area contributed by atoms with Crippen LogP contribution in [0.1, 0.15) is 77.8 Å². The molecular formula is C20H32N2O2. The molecule has 0 fully saturated rings. The van der Waals surface area contributed by atoms with Crippen molar-refractivity contribution >= 4 is 17.5 Å². The first kappa shape index (κ1) is 20.2. The molecule has 24 heavy (non-hydrogen) atoms. The predicted octanol–water partition coefficient (Wildman–Crippen LogP) is 4.52. The maximum Gasteiger partial charge on any atom is 0.244 e. The van der Waals surface area contributed by atoms with Crippen LogP contribution >= 0.6 is 0 Å². The van der Waals surface area contributed by atoms with Gasteiger partial charge in [0.1, 0.15) is 6.54 Å². The summed E-state index contributed by atoms with van der Waals surface area (Å²) in [5, 5.41) is 3.07. The van der Waals surface area contributed by atoms with Gasteiger partial charge in [0.25, 0.3) is 0 Å². The lowest BCUT2D eigenvalue weighted by molar-refractivity contribution is -0.134. The summed E-state index contributed by atoms with van der Waals surface area (Å²) < 4.78 is 0. The second-order valence-corrected chi connectivity index (χ2v) is 7.07. The number of nitrogens with one attached hydrogen (secondary N) is 1. The lowest BCUT2D eigenvalue weighted by Gasteiger charge is -2.27. The van der Waals surface area contributed by atoms with E-state index in [9.17, 15) is 9.59 Å². The molecule has 4 heteroatoms. The minimum absolute atomic E-state index is 0.0539. The minimum atomic E-state index is -0.138. The van der Waals surface area contributed by atoms with Crippen LogP contribution in [-0.2, 0) is 9.59 Å². The number of carbonyl (C=O) groups is 2. The highest BCUT2D eigenvalue weighted by Crippen LogP contribution is 2.32. The zero-order valence-electron chi connectivity index (χ0n) is 16.1. The van der Waals surface area contributed by atoms with Gasteiger partial charge in [0.15, 0.2) is 0 Å². The van der Waals surface area contributed by atoms with Gasteiger partial charge in [-0.1, -0.05) is 52.8 Å². The van der Waals surface area contributed by atoms with E-state index >= 15 is 0 Å². The molecule has 1 rings (SSSR count). The third-order valence-electron chi connectivity index (χ3n) is 4.48. The molecule has 1 atom stereocenters. The van der Waals surface area contributed by atoms with E-state index in [1.807, 2.05) is 19.9 Å². The lowest BCUT2D eigenvalue weighted by Crippen LogP contribution is -2.42. The Morgan fingerprint density at radius 2 is 1.54 bits per heavy atom. The molecule has 0 aliphatic heterocycles. The second-order valence-electron chi connectivity index (χ2n) is 7.07. The highest BCUT2D eigenvalue weighted by atomic mass is 16.2.